The van der Waals surface area contributed by atoms with E-state index in [0.29, 0.717) is 11.1 Å². The molecule has 0 aromatic heterocycles. The zero-order valence-electron chi connectivity index (χ0n) is 13.5. The Kier molecular flexibility index (Phi) is 5.92. The van der Waals surface area contributed by atoms with Gasteiger partial charge in [-0.3, -0.25) is 9.69 Å². The highest BCUT2D eigenvalue weighted by atomic mass is 35.5. The Morgan fingerprint density at radius 2 is 1.87 bits per heavy atom. The monoisotopic (exact) mass is 336 g/mol. The van der Waals surface area contributed by atoms with Crippen molar-refractivity contribution < 1.29 is 9.53 Å². The lowest BCUT2D eigenvalue weighted by atomic mass is 9.98. The minimum absolute atomic E-state index is 0.147. The molecular formula is C18H25ClN2O2. The molecule has 0 spiro atoms. The molecule has 5 heteroatoms. The fourth-order valence-electron chi connectivity index (χ4n) is 3.48. The number of ether oxygens (including phenoxy) is 1. The summed E-state index contributed by atoms with van der Waals surface area (Å²) in [5.74, 6) is 0.147. The number of carbonyl (C=O) groups is 1. The Hall–Kier alpha value is -1.10. The van der Waals surface area contributed by atoms with E-state index in [2.05, 4.69) is 9.80 Å². The van der Waals surface area contributed by atoms with Gasteiger partial charge in [0.15, 0.2) is 0 Å². The molecule has 1 aromatic carbocycles. The summed E-state index contributed by atoms with van der Waals surface area (Å²) in [7, 11) is 0. The second-order valence-electron chi connectivity index (χ2n) is 6.40. The number of hydrogen-bond acceptors (Lipinski definition) is 3. The molecule has 0 radical (unpaired) electrons. The first-order chi connectivity index (χ1) is 11.2. The molecule has 1 aromatic rings. The molecule has 0 bridgehead atoms. The van der Waals surface area contributed by atoms with Crippen LogP contribution in [0.1, 0.15) is 36.0 Å². The molecule has 2 heterocycles. The van der Waals surface area contributed by atoms with Crippen LogP contribution >= 0.6 is 11.6 Å². The number of piperidine rings is 1. The second kappa shape index (κ2) is 8.13. The first kappa shape index (κ1) is 16.7. The molecule has 2 saturated heterocycles. The van der Waals surface area contributed by atoms with Crippen molar-refractivity contribution in [3.63, 3.8) is 0 Å². The van der Waals surface area contributed by atoms with Gasteiger partial charge in [0, 0.05) is 42.8 Å². The number of carbonyl (C=O) groups excluding carboxylic acids is 1. The van der Waals surface area contributed by atoms with Gasteiger partial charge in [-0.2, -0.15) is 0 Å². The molecule has 2 aliphatic rings. The number of halogens is 1. The van der Waals surface area contributed by atoms with Crippen LogP contribution < -0.4 is 0 Å². The van der Waals surface area contributed by atoms with Crippen molar-refractivity contribution in [1.29, 1.82) is 0 Å². The average Bonchev–Trinajstić information content (AvgIpc) is 2.61. The first-order valence-corrected chi connectivity index (χ1v) is 8.98. The Morgan fingerprint density at radius 1 is 1.13 bits per heavy atom. The molecule has 0 N–H and O–H groups in total. The van der Waals surface area contributed by atoms with E-state index in [4.69, 9.17) is 16.3 Å². The number of benzene rings is 1. The van der Waals surface area contributed by atoms with Crippen LogP contribution in [0.15, 0.2) is 24.3 Å². The van der Waals surface area contributed by atoms with Gasteiger partial charge in [0.25, 0.3) is 5.91 Å². The zero-order chi connectivity index (χ0) is 16.1. The molecule has 4 nitrogen and oxygen atoms in total. The van der Waals surface area contributed by atoms with Crippen molar-refractivity contribution in [2.24, 2.45) is 0 Å². The topological polar surface area (TPSA) is 32.8 Å². The minimum Gasteiger partial charge on any atom is -0.379 e. The fraction of sp³-hybridized carbons (Fsp3) is 0.611. The lowest BCUT2D eigenvalue weighted by molar-refractivity contribution is 0.0296. The SMILES string of the molecule is O=C(c1ccc(Cl)cc1)N1CCCC[C@@H]1CCN1CCOCC1. The molecule has 23 heavy (non-hydrogen) atoms. The van der Waals surface area contributed by atoms with Gasteiger partial charge in [0.05, 0.1) is 13.2 Å². The van der Waals surface area contributed by atoms with E-state index in [-0.39, 0.29) is 5.91 Å². The number of likely N-dealkylation sites (tertiary alicyclic amines) is 1. The van der Waals surface area contributed by atoms with E-state index in [1.165, 1.54) is 6.42 Å². The van der Waals surface area contributed by atoms with Crippen molar-refractivity contribution in [3.8, 4) is 0 Å². The van der Waals surface area contributed by atoms with Gasteiger partial charge in [0.1, 0.15) is 0 Å². The number of amides is 1. The predicted octanol–water partition coefficient (Wildman–Crippen LogP) is 3.06. The van der Waals surface area contributed by atoms with Crippen LogP contribution in [-0.2, 0) is 4.74 Å². The van der Waals surface area contributed by atoms with Gasteiger partial charge in [0.2, 0.25) is 0 Å². The summed E-state index contributed by atoms with van der Waals surface area (Å²) >= 11 is 5.93. The van der Waals surface area contributed by atoms with Crippen molar-refractivity contribution in [1.82, 2.24) is 9.80 Å². The lowest BCUT2D eigenvalue weighted by Gasteiger charge is -2.37. The first-order valence-electron chi connectivity index (χ1n) is 8.61. The second-order valence-corrected chi connectivity index (χ2v) is 6.83. The maximum absolute atomic E-state index is 12.8. The van der Waals surface area contributed by atoms with Crippen LogP contribution in [0.4, 0.5) is 0 Å². The quantitative estimate of drug-likeness (QED) is 0.847. The van der Waals surface area contributed by atoms with Crippen molar-refractivity contribution in [2.45, 2.75) is 31.7 Å². The summed E-state index contributed by atoms with van der Waals surface area (Å²) in [5, 5.41) is 0.670. The number of nitrogens with zero attached hydrogens (tertiary/aromatic N) is 2. The number of hydrogen-bond donors (Lipinski definition) is 0. The standard InChI is InChI=1S/C18H25ClN2O2/c19-16-6-4-15(5-7-16)18(22)21-9-2-1-3-17(21)8-10-20-11-13-23-14-12-20/h4-7,17H,1-3,8-14H2/t17-/m1/s1. The van der Waals surface area contributed by atoms with E-state index in [0.717, 1.165) is 64.2 Å². The molecule has 3 rings (SSSR count). The summed E-state index contributed by atoms with van der Waals surface area (Å²) in [6, 6.07) is 7.61. The predicted molar refractivity (Wildman–Crippen MR) is 92.0 cm³/mol. The van der Waals surface area contributed by atoms with Crippen LogP contribution in [0.2, 0.25) is 5.02 Å². The Bertz CT molecular complexity index is 514. The number of morpholine rings is 1. The maximum atomic E-state index is 12.8. The highest BCUT2D eigenvalue weighted by Crippen LogP contribution is 2.23. The van der Waals surface area contributed by atoms with Gasteiger partial charge in [-0.05, 0) is 49.9 Å². The molecule has 0 saturated carbocycles. The third-order valence-corrected chi connectivity index (χ3v) is 5.11. The largest absolute Gasteiger partial charge is 0.379 e. The van der Waals surface area contributed by atoms with E-state index in [1.54, 1.807) is 12.1 Å². The third-order valence-electron chi connectivity index (χ3n) is 4.86. The summed E-state index contributed by atoms with van der Waals surface area (Å²) in [4.78, 5) is 17.3. The fourth-order valence-corrected chi connectivity index (χ4v) is 3.61. The smallest absolute Gasteiger partial charge is 0.254 e. The van der Waals surface area contributed by atoms with Crippen LogP contribution in [0.25, 0.3) is 0 Å². The lowest BCUT2D eigenvalue weighted by Crippen LogP contribution is -2.46. The van der Waals surface area contributed by atoms with Crippen LogP contribution in [-0.4, -0.2) is 61.1 Å². The zero-order valence-corrected chi connectivity index (χ0v) is 14.3. The molecule has 0 unspecified atom stereocenters. The Balaban J connectivity index is 1.61. The Morgan fingerprint density at radius 3 is 2.61 bits per heavy atom. The van der Waals surface area contributed by atoms with E-state index >= 15 is 0 Å². The molecule has 0 aliphatic carbocycles. The van der Waals surface area contributed by atoms with Gasteiger partial charge < -0.3 is 9.64 Å². The van der Waals surface area contributed by atoms with Gasteiger partial charge >= 0.3 is 0 Å². The highest BCUT2D eigenvalue weighted by molar-refractivity contribution is 6.30. The van der Waals surface area contributed by atoms with Crippen molar-refractivity contribution >= 4 is 17.5 Å². The van der Waals surface area contributed by atoms with E-state index in [1.807, 2.05) is 12.1 Å². The van der Waals surface area contributed by atoms with Crippen LogP contribution in [0.5, 0.6) is 0 Å². The third kappa shape index (κ3) is 4.46. The van der Waals surface area contributed by atoms with Gasteiger partial charge in [-0.15, -0.1) is 0 Å². The summed E-state index contributed by atoms with van der Waals surface area (Å²) in [5.41, 5.74) is 0.743. The summed E-state index contributed by atoms with van der Waals surface area (Å²) < 4.78 is 5.40. The highest BCUT2D eigenvalue weighted by Gasteiger charge is 2.27. The average molecular weight is 337 g/mol. The molecule has 1 amide bonds. The van der Waals surface area contributed by atoms with Crippen LogP contribution in [0.3, 0.4) is 0 Å². The van der Waals surface area contributed by atoms with Crippen molar-refractivity contribution in [2.75, 3.05) is 39.4 Å². The summed E-state index contributed by atoms with van der Waals surface area (Å²) in [6.45, 7) is 5.61. The minimum atomic E-state index is 0.147. The van der Waals surface area contributed by atoms with Crippen molar-refractivity contribution in [3.05, 3.63) is 34.9 Å². The van der Waals surface area contributed by atoms with E-state index in [9.17, 15) is 4.79 Å². The molecule has 2 fully saturated rings. The number of rotatable bonds is 4. The molecule has 1 atom stereocenters. The Labute approximate surface area is 143 Å². The van der Waals surface area contributed by atoms with Gasteiger partial charge in [-0.25, -0.2) is 0 Å². The molecular weight excluding hydrogens is 312 g/mol. The normalized spacial score (nSPS) is 23.0. The molecule has 126 valence electrons. The van der Waals surface area contributed by atoms with E-state index < -0.39 is 0 Å². The summed E-state index contributed by atoms with van der Waals surface area (Å²) in [6.07, 6.45) is 4.49. The maximum Gasteiger partial charge on any atom is 0.254 e. The van der Waals surface area contributed by atoms with Gasteiger partial charge in [-0.1, -0.05) is 11.6 Å². The molecule has 2 aliphatic heterocycles. The van der Waals surface area contributed by atoms with Crippen LogP contribution in [0, 0.1) is 0 Å².